The molecule has 3 nitrogen and oxygen atoms in total. The number of hydrogen-bond donors (Lipinski definition) is 0. The van der Waals surface area contributed by atoms with Gasteiger partial charge in [0.2, 0.25) is 0 Å². The van der Waals surface area contributed by atoms with E-state index in [9.17, 15) is 0 Å². The second-order valence-corrected chi connectivity index (χ2v) is 13.0. The third-order valence-corrected chi connectivity index (χ3v) is 10.0. The van der Waals surface area contributed by atoms with E-state index < -0.39 is 0 Å². The summed E-state index contributed by atoms with van der Waals surface area (Å²) < 4.78 is 2.35. The molecule has 0 unspecified atom stereocenters. The van der Waals surface area contributed by atoms with Gasteiger partial charge in [0.25, 0.3) is 0 Å². The number of aromatic nitrogens is 3. The molecule has 51 heavy (non-hydrogen) atoms. The lowest BCUT2D eigenvalue weighted by Gasteiger charge is -2.13. The van der Waals surface area contributed by atoms with Gasteiger partial charge in [-0.1, -0.05) is 152 Å². The van der Waals surface area contributed by atoms with Gasteiger partial charge in [-0.2, -0.15) is 0 Å². The molecule has 8 aromatic carbocycles. The summed E-state index contributed by atoms with van der Waals surface area (Å²) in [6.45, 7) is 0. The quantitative estimate of drug-likeness (QED) is 0.174. The Hall–Kier alpha value is -6.84. The third-order valence-electron chi connectivity index (χ3n) is 10.0. The molecule has 10 rings (SSSR count). The Bertz CT molecular complexity index is 2830. The van der Waals surface area contributed by atoms with Crippen LogP contribution in [0.3, 0.4) is 0 Å². The first-order valence-corrected chi connectivity index (χ1v) is 17.3. The average Bonchev–Trinajstić information content (AvgIpc) is 3.55. The molecule has 238 valence electrons. The first-order valence-electron chi connectivity index (χ1n) is 17.3. The van der Waals surface area contributed by atoms with Crippen molar-refractivity contribution in [3.63, 3.8) is 0 Å². The van der Waals surface area contributed by atoms with Crippen LogP contribution in [0.1, 0.15) is 0 Å². The van der Waals surface area contributed by atoms with E-state index in [0.29, 0.717) is 5.82 Å². The van der Waals surface area contributed by atoms with Crippen LogP contribution in [0.5, 0.6) is 0 Å². The standard InChI is InChI=1S/C48H31N3/c1-2-12-35(13-3-1)48-49-44(31-45(50-48)43-30-36-14-4-5-15-38(36)39-16-6-7-17-40(39)43)34-24-22-32(23-25-34)33-26-28-37(29-27-33)51-46-20-10-8-18-41(46)42-19-9-11-21-47(42)51/h1-31H. The van der Waals surface area contributed by atoms with Crippen molar-refractivity contribution >= 4 is 43.4 Å². The van der Waals surface area contributed by atoms with Crippen LogP contribution in [0.15, 0.2) is 188 Å². The van der Waals surface area contributed by atoms with Crippen molar-refractivity contribution in [2.45, 2.75) is 0 Å². The molecular formula is C48H31N3. The van der Waals surface area contributed by atoms with Gasteiger partial charge >= 0.3 is 0 Å². The van der Waals surface area contributed by atoms with E-state index >= 15 is 0 Å². The minimum atomic E-state index is 0.713. The topological polar surface area (TPSA) is 30.7 Å². The van der Waals surface area contributed by atoms with Crippen LogP contribution in [-0.2, 0) is 0 Å². The van der Waals surface area contributed by atoms with Gasteiger partial charge < -0.3 is 4.57 Å². The second kappa shape index (κ2) is 11.9. The SMILES string of the molecule is c1ccc(-c2nc(-c3ccc(-c4ccc(-n5c6ccccc6c6ccccc65)cc4)cc3)cc(-c3cc4ccccc4c4ccccc34)n2)cc1. The van der Waals surface area contributed by atoms with Crippen molar-refractivity contribution in [1.82, 2.24) is 14.5 Å². The molecule has 10 aromatic rings. The van der Waals surface area contributed by atoms with Crippen molar-refractivity contribution in [3.05, 3.63) is 188 Å². The zero-order valence-electron chi connectivity index (χ0n) is 27.7. The normalized spacial score (nSPS) is 11.5. The maximum atomic E-state index is 5.18. The smallest absolute Gasteiger partial charge is 0.160 e. The van der Waals surface area contributed by atoms with E-state index in [1.165, 1.54) is 48.9 Å². The highest BCUT2D eigenvalue weighted by Crippen LogP contribution is 2.37. The van der Waals surface area contributed by atoms with Crippen LogP contribution < -0.4 is 0 Å². The Balaban J connectivity index is 1.05. The van der Waals surface area contributed by atoms with E-state index in [4.69, 9.17) is 9.97 Å². The van der Waals surface area contributed by atoms with Crippen LogP contribution in [0.25, 0.3) is 94.1 Å². The highest BCUT2D eigenvalue weighted by molar-refractivity contribution is 6.13. The molecule has 0 amide bonds. The Morgan fingerprint density at radius 3 is 1.53 bits per heavy atom. The fraction of sp³-hybridized carbons (Fsp3) is 0. The molecular weight excluding hydrogens is 619 g/mol. The monoisotopic (exact) mass is 649 g/mol. The molecule has 0 aliphatic rings. The summed E-state index contributed by atoms with van der Waals surface area (Å²) in [6, 6.07) is 66.7. The Kier molecular flexibility index (Phi) is 6.81. The fourth-order valence-corrected chi connectivity index (χ4v) is 7.55. The summed E-state index contributed by atoms with van der Waals surface area (Å²) >= 11 is 0. The summed E-state index contributed by atoms with van der Waals surface area (Å²) in [5.41, 5.74) is 10.8. The molecule has 0 saturated heterocycles. The maximum Gasteiger partial charge on any atom is 0.160 e. The van der Waals surface area contributed by atoms with E-state index in [2.05, 4.69) is 174 Å². The van der Waals surface area contributed by atoms with Gasteiger partial charge in [0.1, 0.15) is 0 Å². The molecule has 0 aliphatic carbocycles. The molecule has 0 atom stereocenters. The molecule has 0 spiro atoms. The zero-order valence-corrected chi connectivity index (χ0v) is 27.7. The van der Waals surface area contributed by atoms with Gasteiger partial charge in [-0.15, -0.1) is 0 Å². The van der Waals surface area contributed by atoms with Crippen molar-refractivity contribution < 1.29 is 0 Å². The first kappa shape index (κ1) is 29.1. The molecule has 2 heterocycles. The first-order chi connectivity index (χ1) is 25.3. The molecule has 0 saturated carbocycles. The number of hydrogen-bond acceptors (Lipinski definition) is 2. The summed E-state index contributed by atoms with van der Waals surface area (Å²) in [5.74, 6) is 0.713. The van der Waals surface area contributed by atoms with Crippen LogP contribution in [-0.4, -0.2) is 14.5 Å². The van der Waals surface area contributed by atoms with Crippen molar-refractivity contribution in [2.24, 2.45) is 0 Å². The number of fused-ring (bicyclic) bond motifs is 6. The van der Waals surface area contributed by atoms with Gasteiger partial charge in [0.05, 0.1) is 22.4 Å². The third kappa shape index (κ3) is 4.98. The molecule has 0 bridgehead atoms. The summed E-state index contributed by atoms with van der Waals surface area (Å²) in [7, 11) is 0. The van der Waals surface area contributed by atoms with E-state index in [0.717, 1.165) is 39.3 Å². The second-order valence-electron chi connectivity index (χ2n) is 13.0. The zero-order chi connectivity index (χ0) is 33.7. The number of benzene rings is 8. The largest absolute Gasteiger partial charge is 0.309 e. The van der Waals surface area contributed by atoms with Crippen molar-refractivity contribution in [1.29, 1.82) is 0 Å². The maximum absolute atomic E-state index is 5.18. The van der Waals surface area contributed by atoms with Gasteiger partial charge in [-0.25, -0.2) is 9.97 Å². The Labute approximate surface area is 295 Å². The minimum absolute atomic E-state index is 0.713. The van der Waals surface area contributed by atoms with Crippen LogP contribution in [0, 0.1) is 0 Å². The lowest BCUT2D eigenvalue weighted by atomic mass is 9.95. The van der Waals surface area contributed by atoms with Crippen LogP contribution in [0.2, 0.25) is 0 Å². The molecule has 0 N–H and O–H groups in total. The van der Waals surface area contributed by atoms with Gasteiger partial charge in [-0.3, -0.25) is 0 Å². The fourth-order valence-electron chi connectivity index (χ4n) is 7.55. The Morgan fingerprint density at radius 1 is 0.333 bits per heavy atom. The lowest BCUT2D eigenvalue weighted by molar-refractivity contribution is 1.18. The predicted octanol–water partition coefficient (Wildman–Crippen LogP) is 12.5. The average molecular weight is 650 g/mol. The van der Waals surface area contributed by atoms with Crippen LogP contribution in [0.4, 0.5) is 0 Å². The molecule has 0 radical (unpaired) electrons. The highest BCUT2D eigenvalue weighted by Gasteiger charge is 2.15. The van der Waals surface area contributed by atoms with E-state index in [-0.39, 0.29) is 0 Å². The minimum Gasteiger partial charge on any atom is -0.309 e. The van der Waals surface area contributed by atoms with Crippen molar-refractivity contribution in [2.75, 3.05) is 0 Å². The number of nitrogens with zero attached hydrogens (tertiary/aromatic N) is 3. The van der Waals surface area contributed by atoms with Gasteiger partial charge in [0, 0.05) is 33.2 Å². The highest BCUT2D eigenvalue weighted by atomic mass is 15.0. The number of rotatable bonds is 5. The molecule has 0 fully saturated rings. The molecule has 2 aromatic heterocycles. The summed E-state index contributed by atoms with van der Waals surface area (Å²) in [5, 5.41) is 7.38. The van der Waals surface area contributed by atoms with E-state index in [1.54, 1.807) is 0 Å². The van der Waals surface area contributed by atoms with Gasteiger partial charge in [0.15, 0.2) is 5.82 Å². The molecule has 0 aliphatic heterocycles. The Morgan fingerprint density at radius 2 is 0.843 bits per heavy atom. The van der Waals surface area contributed by atoms with Crippen molar-refractivity contribution in [3.8, 4) is 50.7 Å². The lowest BCUT2D eigenvalue weighted by Crippen LogP contribution is -1.96. The predicted molar refractivity (Wildman–Crippen MR) is 213 cm³/mol. The summed E-state index contributed by atoms with van der Waals surface area (Å²) in [4.78, 5) is 10.3. The van der Waals surface area contributed by atoms with E-state index in [1.807, 2.05) is 18.2 Å². The van der Waals surface area contributed by atoms with Crippen LogP contribution >= 0.6 is 0 Å². The molecule has 3 heteroatoms. The number of para-hydroxylation sites is 2. The summed E-state index contributed by atoms with van der Waals surface area (Å²) in [6.07, 6.45) is 0. The van der Waals surface area contributed by atoms with Gasteiger partial charge in [-0.05, 0) is 69.1 Å².